The molecular formula is C16H2N2O8. The minimum absolute atomic E-state index is 0.721. The summed E-state index contributed by atoms with van der Waals surface area (Å²) in [7, 11) is 0. The van der Waals surface area contributed by atoms with Gasteiger partial charge in [0.1, 0.15) is 22.1 Å². The van der Waals surface area contributed by atoms with Crippen LogP contribution in [0, 0.1) is 10.4 Å². The molecule has 0 radical (unpaired) electrons. The first kappa shape index (κ1) is 15.4. The summed E-state index contributed by atoms with van der Waals surface area (Å²) in [6.45, 7) is 0. The van der Waals surface area contributed by atoms with Crippen LogP contribution in [0.25, 0.3) is 22.1 Å². The van der Waals surface area contributed by atoms with Crippen LogP contribution in [-0.2, 0) is 0 Å². The minimum atomic E-state index is -1.64. The number of nitrogens with zero attached hydrogens (tertiary/aromatic N) is 2. The first-order chi connectivity index (χ1) is 12.2. The van der Waals surface area contributed by atoms with E-state index in [1.165, 1.54) is 0 Å². The van der Waals surface area contributed by atoms with E-state index >= 15 is 0 Å². The summed E-state index contributed by atoms with van der Waals surface area (Å²) in [5.74, 6) is 0. The van der Waals surface area contributed by atoms with Crippen LogP contribution in [0.15, 0.2) is 50.5 Å². The van der Waals surface area contributed by atoms with Gasteiger partial charge in [0.2, 0.25) is 10.9 Å². The highest BCUT2D eigenvalue weighted by atomic mass is 16.2. The summed E-state index contributed by atoms with van der Waals surface area (Å²) in [5.41, 5.74) is -13.5. The normalized spacial score (nSPS) is 11.5. The van der Waals surface area contributed by atoms with E-state index in [-0.39, 0.29) is 0 Å². The molecule has 10 nitrogen and oxygen atoms in total. The maximum Gasteiger partial charge on any atom is 0.279 e. The summed E-state index contributed by atoms with van der Waals surface area (Å²) in [6, 6.07) is 1.61. The lowest BCUT2D eigenvalue weighted by Gasteiger charge is -1.98. The van der Waals surface area contributed by atoms with E-state index in [2.05, 4.69) is 9.97 Å². The van der Waals surface area contributed by atoms with Gasteiger partial charge in [0.15, 0.2) is 10.9 Å². The summed E-state index contributed by atoms with van der Waals surface area (Å²) < 4.78 is 0. The second-order valence-corrected chi connectivity index (χ2v) is 5.40. The lowest BCUT2D eigenvalue weighted by Crippen LogP contribution is -2.47. The van der Waals surface area contributed by atoms with Gasteiger partial charge in [-0.2, -0.15) is 0 Å². The zero-order valence-electron chi connectivity index (χ0n) is 12.3. The Morgan fingerprint density at radius 2 is 0.731 bits per heavy atom. The van der Waals surface area contributed by atoms with Crippen molar-refractivity contribution in [3.05, 3.63) is 104 Å². The molecule has 1 heterocycles. The SMILES string of the molecule is O=c1ccc(=O)c2c(=O)c3nc4c(=O)c(=O)c(=O)c(=O)c4nc3c(=O)c1=2. The highest BCUT2D eigenvalue weighted by molar-refractivity contribution is 5.85. The van der Waals surface area contributed by atoms with Crippen molar-refractivity contribution in [2.75, 3.05) is 0 Å². The van der Waals surface area contributed by atoms with Gasteiger partial charge < -0.3 is 0 Å². The lowest BCUT2D eigenvalue weighted by molar-refractivity contribution is 1.24. The van der Waals surface area contributed by atoms with Crippen LogP contribution in [-0.4, -0.2) is 9.97 Å². The quantitative estimate of drug-likeness (QED) is 0.287. The number of fused-ring (bicyclic) bond motifs is 2. The first-order valence-corrected chi connectivity index (χ1v) is 6.94. The third-order valence-electron chi connectivity index (χ3n) is 3.96. The molecule has 0 saturated carbocycles. The molecule has 0 unspecified atom stereocenters. The number of hydrogen-bond donors (Lipinski definition) is 0. The highest BCUT2D eigenvalue weighted by Crippen LogP contribution is 2.03. The third-order valence-corrected chi connectivity index (χ3v) is 3.96. The molecule has 2 aliphatic rings. The molecule has 124 valence electrons. The van der Waals surface area contributed by atoms with E-state index in [1.807, 2.05) is 0 Å². The van der Waals surface area contributed by atoms with Crippen molar-refractivity contribution in [2.45, 2.75) is 0 Å². The Kier molecular flexibility index (Phi) is 2.81. The van der Waals surface area contributed by atoms with Gasteiger partial charge >= 0.3 is 0 Å². The van der Waals surface area contributed by atoms with Gasteiger partial charge in [0.25, 0.3) is 21.7 Å². The van der Waals surface area contributed by atoms with Gasteiger partial charge in [-0.1, -0.05) is 0 Å². The van der Waals surface area contributed by atoms with Crippen LogP contribution >= 0.6 is 0 Å². The van der Waals surface area contributed by atoms with Crippen molar-refractivity contribution in [2.24, 2.45) is 0 Å². The van der Waals surface area contributed by atoms with Crippen LogP contribution in [0.2, 0.25) is 0 Å². The van der Waals surface area contributed by atoms with E-state index < -0.39 is 75.9 Å². The van der Waals surface area contributed by atoms with Crippen LogP contribution in [0.5, 0.6) is 0 Å². The molecule has 4 rings (SSSR count). The van der Waals surface area contributed by atoms with Gasteiger partial charge in [0.05, 0.1) is 10.4 Å². The molecule has 26 heavy (non-hydrogen) atoms. The topological polar surface area (TPSA) is 162 Å². The van der Waals surface area contributed by atoms with E-state index in [0.717, 1.165) is 12.1 Å². The van der Waals surface area contributed by atoms with Crippen molar-refractivity contribution in [3.63, 3.8) is 0 Å². The maximum absolute atomic E-state index is 12.5. The Balaban J connectivity index is 2.57. The Hall–Kier alpha value is -4.08. The minimum Gasteiger partial charge on any atom is -0.289 e. The van der Waals surface area contributed by atoms with Crippen molar-refractivity contribution >= 4 is 22.1 Å². The molecule has 0 aliphatic heterocycles. The average molecular weight is 350 g/mol. The van der Waals surface area contributed by atoms with Crippen molar-refractivity contribution in [1.82, 2.24) is 9.97 Å². The highest BCUT2D eigenvalue weighted by Gasteiger charge is 2.20. The molecule has 0 N–H and O–H groups in total. The zero-order valence-corrected chi connectivity index (χ0v) is 12.3. The predicted octanol–water partition coefficient (Wildman–Crippen LogP) is -3.86. The Morgan fingerprint density at radius 1 is 0.423 bits per heavy atom. The van der Waals surface area contributed by atoms with Gasteiger partial charge in [-0.05, 0) is 12.1 Å². The average Bonchev–Trinajstić information content (AvgIpc) is 2.63. The summed E-state index contributed by atoms with van der Waals surface area (Å²) in [4.78, 5) is 103. The van der Waals surface area contributed by atoms with Crippen molar-refractivity contribution in [3.8, 4) is 0 Å². The number of hydrogen-bond acceptors (Lipinski definition) is 10. The monoisotopic (exact) mass is 350 g/mol. The smallest absolute Gasteiger partial charge is 0.279 e. The fourth-order valence-corrected chi connectivity index (χ4v) is 2.74. The maximum atomic E-state index is 12.5. The second-order valence-electron chi connectivity index (χ2n) is 5.40. The molecule has 1 aromatic carbocycles. The standard InChI is InChI=1S/C16H2N2O8/c19-3-1-2-4(20)6-5(3)11(21)7-8(12(6)22)18-10-9(17-7)13(23)15(25)16(26)14(10)24/h1-2H. The van der Waals surface area contributed by atoms with E-state index in [0.29, 0.717) is 0 Å². The largest absolute Gasteiger partial charge is 0.289 e. The summed E-state index contributed by atoms with van der Waals surface area (Å²) in [5, 5.41) is -1.44. The first-order valence-electron chi connectivity index (χ1n) is 6.94. The molecule has 0 bridgehead atoms. The van der Waals surface area contributed by atoms with Gasteiger partial charge in [0, 0.05) is 0 Å². The van der Waals surface area contributed by atoms with E-state index in [9.17, 15) is 38.4 Å². The number of rotatable bonds is 0. The third kappa shape index (κ3) is 1.69. The van der Waals surface area contributed by atoms with E-state index in [4.69, 9.17) is 0 Å². The van der Waals surface area contributed by atoms with Crippen LogP contribution in [0.4, 0.5) is 0 Å². The molecule has 2 aliphatic carbocycles. The van der Waals surface area contributed by atoms with E-state index in [1.54, 1.807) is 0 Å². The number of benzene rings is 1. The molecule has 2 aromatic rings. The zero-order chi connectivity index (χ0) is 18.9. The molecule has 10 heteroatoms. The molecule has 1 aromatic heterocycles. The Labute approximate surface area is 137 Å². The summed E-state index contributed by atoms with van der Waals surface area (Å²) >= 11 is 0. The molecule has 0 amide bonds. The molecule has 0 saturated heterocycles. The van der Waals surface area contributed by atoms with Crippen LogP contribution < -0.4 is 43.4 Å². The number of aromatic nitrogens is 2. The Morgan fingerprint density at radius 3 is 1.08 bits per heavy atom. The molecule has 0 fully saturated rings. The van der Waals surface area contributed by atoms with Crippen LogP contribution in [0.1, 0.15) is 0 Å². The van der Waals surface area contributed by atoms with Crippen molar-refractivity contribution < 1.29 is 0 Å². The molecular weight excluding hydrogens is 348 g/mol. The second kappa shape index (κ2) is 4.72. The Bertz CT molecular complexity index is 1660. The van der Waals surface area contributed by atoms with Gasteiger partial charge in [-0.25, -0.2) is 9.97 Å². The van der Waals surface area contributed by atoms with Gasteiger partial charge in [-0.3, -0.25) is 38.4 Å². The van der Waals surface area contributed by atoms with Crippen molar-refractivity contribution in [1.29, 1.82) is 0 Å². The van der Waals surface area contributed by atoms with Gasteiger partial charge in [-0.15, -0.1) is 0 Å². The molecule has 0 spiro atoms. The lowest BCUT2D eigenvalue weighted by atomic mass is 10.1. The fraction of sp³-hybridized carbons (Fsp3) is 0. The fourth-order valence-electron chi connectivity index (χ4n) is 2.74. The van der Waals surface area contributed by atoms with Crippen LogP contribution in [0.3, 0.4) is 0 Å². The summed E-state index contributed by atoms with van der Waals surface area (Å²) in [6.07, 6.45) is 0. The predicted molar refractivity (Wildman–Crippen MR) is 87.2 cm³/mol. The molecule has 0 atom stereocenters.